The molecule has 0 saturated heterocycles. The van der Waals surface area contributed by atoms with Crippen LogP contribution in [-0.4, -0.2) is 11.0 Å². The average molecular weight is 146 g/mol. The molecule has 0 aliphatic carbocycles. The summed E-state index contributed by atoms with van der Waals surface area (Å²) < 4.78 is 0. The molecular formula is C6H14N2S. The summed E-state index contributed by atoms with van der Waals surface area (Å²) in [6, 6.07) is -0.106. The zero-order valence-electron chi connectivity index (χ0n) is 5.92. The van der Waals surface area contributed by atoms with Crippen molar-refractivity contribution in [1.29, 1.82) is 0 Å². The smallest absolute Gasteiger partial charge is 0.0900 e. The predicted molar refractivity (Wildman–Crippen MR) is 44.2 cm³/mol. The summed E-state index contributed by atoms with van der Waals surface area (Å²) >= 11 is 4.71. The molecule has 0 saturated carbocycles. The maximum Gasteiger partial charge on any atom is 0.0900 e. The average Bonchev–Trinajstić information content (AvgIpc) is 1.84. The van der Waals surface area contributed by atoms with Crippen LogP contribution >= 0.6 is 12.2 Å². The van der Waals surface area contributed by atoms with Crippen molar-refractivity contribution >= 4 is 17.2 Å². The van der Waals surface area contributed by atoms with Gasteiger partial charge in [0.05, 0.1) is 11.0 Å². The van der Waals surface area contributed by atoms with Crippen molar-refractivity contribution in [3.8, 4) is 0 Å². The van der Waals surface area contributed by atoms with Crippen LogP contribution in [0.4, 0.5) is 0 Å². The van der Waals surface area contributed by atoms with E-state index in [1.165, 1.54) is 0 Å². The largest absolute Gasteiger partial charge is 0.392 e. The number of thiocarbonyl (C=S) groups is 1. The van der Waals surface area contributed by atoms with E-state index in [2.05, 4.69) is 6.92 Å². The first-order valence-corrected chi connectivity index (χ1v) is 3.55. The molecule has 0 aliphatic heterocycles. The zero-order chi connectivity index (χ0) is 7.44. The zero-order valence-corrected chi connectivity index (χ0v) is 6.74. The van der Waals surface area contributed by atoms with Gasteiger partial charge in [0.15, 0.2) is 0 Å². The lowest BCUT2D eigenvalue weighted by atomic mass is 10.0. The third-order valence-electron chi connectivity index (χ3n) is 1.59. The molecule has 0 aromatic rings. The highest BCUT2D eigenvalue weighted by molar-refractivity contribution is 7.80. The SMILES string of the molecule is CCC(C)[C@H](N)C(N)=S. The van der Waals surface area contributed by atoms with E-state index in [1.807, 2.05) is 6.92 Å². The molecule has 0 bridgehead atoms. The predicted octanol–water partition coefficient (Wildman–Crippen LogP) is 0.646. The van der Waals surface area contributed by atoms with Crippen LogP contribution in [0, 0.1) is 5.92 Å². The van der Waals surface area contributed by atoms with Crippen LogP contribution < -0.4 is 11.5 Å². The summed E-state index contributed by atoms with van der Waals surface area (Å²) in [5.74, 6) is 0.405. The lowest BCUT2D eigenvalue weighted by Gasteiger charge is -2.15. The monoisotopic (exact) mass is 146 g/mol. The Hall–Kier alpha value is -0.150. The first kappa shape index (κ1) is 8.85. The summed E-state index contributed by atoms with van der Waals surface area (Å²) in [4.78, 5) is 0.421. The molecule has 0 aromatic heterocycles. The minimum absolute atomic E-state index is 0.106. The van der Waals surface area contributed by atoms with Crippen LogP contribution in [0.5, 0.6) is 0 Å². The normalized spacial score (nSPS) is 16.8. The van der Waals surface area contributed by atoms with E-state index < -0.39 is 0 Å². The molecule has 2 nitrogen and oxygen atoms in total. The number of hydrogen-bond acceptors (Lipinski definition) is 2. The maximum absolute atomic E-state index is 5.60. The van der Waals surface area contributed by atoms with E-state index in [0.29, 0.717) is 10.9 Å². The maximum atomic E-state index is 5.60. The third kappa shape index (κ3) is 2.77. The van der Waals surface area contributed by atoms with Gasteiger partial charge in [-0.2, -0.15) is 0 Å². The Morgan fingerprint density at radius 2 is 2.11 bits per heavy atom. The molecule has 0 radical (unpaired) electrons. The van der Waals surface area contributed by atoms with E-state index in [0.717, 1.165) is 6.42 Å². The van der Waals surface area contributed by atoms with Crippen LogP contribution in [0.3, 0.4) is 0 Å². The van der Waals surface area contributed by atoms with Crippen LogP contribution in [0.2, 0.25) is 0 Å². The Morgan fingerprint density at radius 3 is 2.22 bits per heavy atom. The van der Waals surface area contributed by atoms with Crippen molar-refractivity contribution < 1.29 is 0 Å². The van der Waals surface area contributed by atoms with E-state index in [-0.39, 0.29) is 6.04 Å². The third-order valence-corrected chi connectivity index (χ3v) is 1.86. The number of hydrogen-bond donors (Lipinski definition) is 2. The molecule has 0 rings (SSSR count). The van der Waals surface area contributed by atoms with Crippen molar-refractivity contribution in [2.45, 2.75) is 26.3 Å². The van der Waals surface area contributed by atoms with Crippen LogP contribution in [0.25, 0.3) is 0 Å². The second kappa shape index (κ2) is 3.80. The topological polar surface area (TPSA) is 52.0 Å². The lowest BCUT2D eigenvalue weighted by Crippen LogP contribution is -2.40. The quantitative estimate of drug-likeness (QED) is 0.575. The molecule has 2 atom stereocenters. The van der Waals surface area contributed by atoms with Crippen molar-refractivity contribution in [3.05, 3.63) is 0 Å². The molecular weight excluding hydrogens is 132 g/mol. The lowest BCUT2D eigenvalue weighted by molar-refractivity contribution is 0.523. The van der Waals surface area contributed by atoms with Crippen molar-refractivity contribution in [3.63, 3.8) is 0 Å². The van der Waals surface area contributed by atoms with E-state index in [9.17, 15) is 0 Å². The fraction of sp³-hybridized carbons (Fsp3) is 0.833. The molecule has 0 spiro atoms. The fourth-order valence-corrected chi connectivity index (χ4v) is 0.767. The van der Waals surface area contributed by atoms with Gasteiger partial charge in [-0.3, -0.25) is 0 Å². The van der Waals surface area contributed by atoms with Crippen LogP contribution in [0.15, 0.2) is 0 Å². The van der Waals surface area contributed by atoms with Crippen LogP contribution in [0.1, 0.15) is 20.3 Å². The van der Waals surface area contributed by atoms with Gasteiger partial charge in [-0.15, -0.1) is 0 Å². The van der Waals surface area contributed by atoms with Crippen molar-refractivity contribution in [2.24, 2.45) is 17.4 Å². The molecule has 4 N–H and O–H groups in total. The van der Waals surface area contributed by atoms with Gasteiger partial charge in [-0.05, 0) is 5.92 Å². The Bertz CT molecular complexity index is 103. The molecule has 9 heavy (non-hydrogen) atoms. The molecule has 1 unspecified atom stereocenters. The highest BCUT2D eigenvalue weighted by Gasteiger charge is 2.11. The van der Waals surface area contributed by atoms with Crippen LogP contribution in [-0.2, 0) is 0 Å². The van der Waals surface area contributed by atoms with Gasteiger partial charge >= 0.3 is 0 Å². The van der Waals surface area contributed by atoms with E-state index in [1.54, 1.807) is 0 Å². The second-order valence-electron chi connectivity index (χ2n) is 2.31. The van der Waals surface area contributed by atoms with Gasteiger partial charge in [0.25, 0.3) is 0 Å². The first-order chi connectivity index (χ1) is 4.09. The minimum atomic E-state index is -0.106. The van der Waals surface area contributed by atoms with Gasteiger partial charge in [0, 0.05) is 0 Å². The van der Waals surface area contributed by atoms with E-state index >= 15 is 0 Å². The molecule has 0 aliphatic rings. The Labute approximate surface area is 61.6 Å². The van der Waals surface area contributed by atoms with Gasteiger partial charge in [0.1, 0.15) is 0 Å². The van der Waals surface area contributed by atoms with Crippen molar-refractivity contribution in [2.75, 3.05) is 0 Å². The Kier molecular flexibility index (Phi) is 3.73. The molecule has 54 valence electrons. The highest BCUT2D eigenvalue weighted by Crippen LogP contribution is 2.04. The number of nitrogens with two attached hydrogens (primary N) is 2. The highest BCUT2D eigenvalue weighted by atomic mass is 32.1. The van der Waals surface area contributed by atoms with E-state index in [4.69, 9.17) is 23.7 Å². The van der Waals surface area contributed by atoms with Crippen molar-refractivity contribution in [1.82, 2.24) is 0 Å². The van der Waals surface area contributed by atoms with Gasteiger partial charge in [-0.1, -0.05) is 32.5 Å². The summed E-state index contributed by atoms with van der Waals surface area (Å²) in [6.45, 7) is 4.12. The molecule has 0 aromatic carbocycles. The second-order valence-corrected chi connectivity index (χ2v) is 2.79. The summed E-state index contributed by atoms with van der Waals surface area (Å²) in [6.07, 6.45) is 1.03. The molecule has 0 amide bonds. The van der Waals surface area contributed by atoms with Gasteiger partial charge in [-0.25, -0.2) is 0 Å². The first-order valence-electron chi connectivity index (χ1n) is 3.14. The fourth-order valence-electron chi connectivity index (χ4n) is 0.534. The summed E-state index contributed by atoms with van der Waals surface area (Å²) in [7, 11) is 0. The Balaban J connectivity index is 3.72. The standard InChI is InChI=1S/C6H14N2S/c1-3-4(2)5(7)6(8)9/h4-5H,3,7H2,1-2H3,(H2,8,9)/t4?,5-/m0/s1. The minimum Gasteiger partial charge on any atom is -0.392 e. The number of rotatable bonds is 3. The summed E-state index contributed by atoms with van der Waals surface area (Å²) in [5, 5.41) is 0. The Morgan fingerprint density at radius 1 is 1.67 bits per heavy atom. The molecule has 0 fully saturated rings. The molecule has 3 heteroatoms. The van der Waals surface area contributed by atoms with Gasteiger partial charge < -0.3 is 11.5 Å². The molecule has 0 heterocycles. The van der Waals surface area contributed by atoms with Gasteiger partial charge in [0.2, 0.25) is 0 Å². The summed E-state index contributed by atoms with van der Waals surface area (Å²) in [5.41, 5.74) is 10.9.